The van der Waals surface area contributed by atoms with E-state index in [9.17, 15) is 22.8 Å². The molecule has 0 unspecified atom stereocenters. The summed E-state index contributed by atoms with van der Waals surface area (Å²) in [6.45, 7) is 1.63. The summed E-state index contributed by atoms with van der Waals surface area (Å²) in [5, 5.41) is 11.0. The molecular weight excluding hydrogens is 459 g/mol. The van der Waals surface area contributed by atoms with E-state index >= 15 is 0 Å². The lowest BCUT2D eigenvalue weighted by Gasteiger charge is -2.15. The fourth-order valence-electron chi connectivity index (χ4n) is 3.15. The van der Waals surface area contributed by atoms with Crippen LogP contribution in [0.25, 0.3) is 11.4 Å². The van der Waals surface area contributed by atoms with E-state index < -0.39 is 28.8 Å². The summed E-state index contributed by atoms with van der Waals surface area (Å²) in [7, 11) is 0. The lowest BCUT2D eigenvalue weighted by Crippen LogP contribution is -2.27. The van der Waals surface area contributed by atoms with Crippen LogP contribution < -0.4 is 10.7 Å². The molecule has 4 rings (SSSR count). The van der Waals surface area contributed by atoms with E-state index in [0.717, 1.165) is 12.1 Å². The van der Waals surface area contributed by atoms with Crippen LogP contribution in [0.3, 0.4) is 0 Å². The predicted molar refractivity (Wildman–Crippen MR) is 116 cm³/mol. The highest BCUT2D eigenvalue weighted by Crippen LogP contribution is 2.33. The molecule has 2 heterocycles. The molecule has 7 nitrogen and oxygen atoms in total. The zero-order valence-corrected chi connectivity index (χ0v) is 17.7. The van der Waals surface area contributed by atoms with Gasteiger partial charge in [0.05, 0.1) is 22.6 Å². The Bertz CT molecular complexity index is 1380. The maximum atomic E-state index is 13.3. The van der Waals surface area contributed by atoms with E-state index in [1.54, 1.807) is 37.3 Å². The number of alkyl halides is 3. The van der Waals surface area contributed by atoms with Crippen molar-refractivity contribution in [2.45, 2.75) is 13.1 Å². The van der Waals surface area contributed by atoms with Crippen LogP contribution >= 0.6 is 11.6 Å². The highest BCUT2D eigenvalue weighted by atomic mass is 35.5. The maximum Gasteiger partial charge on any atom is 0.416 e. The molecule has 2 aromatic heterocycles. The first-order chi connectivity index (χ1) is 15.6. The minimum atomic E-state index is -4.63. The van der Waals surface area contributed by atoms with E-state index in [2.05, 4.69) is 15.5 Å². The normalized spacial score (nSPS) is 11.4. The molecule has 0 aliphatic carbocycles. The van der Waals surface area contributed by atoms with Gasteiger partial charge in [-0.25, -0.2) is 9.36 Å². The van der Waals surface area contributed by atoms with Gasteiger partial charge in [0.15, 0.2) is 5.69 Å². The number of hydrogen-bond acceptors (Lipinski definition) is 4. The van der Waals surface area contributed by atoms with Gasteiger partial charge in [0.25, 0.3) is 5.91 Å². The van der Waals surface area contributed by atoms with Gasteiger partial charge in [0.2, 0.25) is 5.43 Å². The van der Waals surface area contributed by atoms with Gasteiger partial charge >= 0.3 is 6.18 Å². The Hall–Kier alpha value is -3.92. The standard InChI is InChI=1S/C22H15ClF3N5O2/c1-13-11-19(32)20(29-31(13)16-6-4-15(23)5-7-16)21(33)28-17-12-14(22(24,25)26)3-8-18(17)30-10-2-9-27-30/h2-12H,1H3,(H,28,33). The number of anilines is 1. The third kappa shape index (κ3) is 4.65. The fourth-order valence-corrected chi connectivity index (χ4v) is 3.28. The SMILES string of the molecule is Cc1cc(=O)c(C(=O)Nc2cc(C(F)(F)F)ccc2-n2cccn2)nn1-c1ccc(Cl)cc1. The molecule has 1 N–H and O–H groups in total. The van der Waals surface area contributed by atoms with E-state index in [1.807, 2.05) is 0 Å². The number of carbonyl (C=O) groups is 1. The van der Waals surface area contributed by atoms with Crippen LogP contribution in [-0.4, -0.2) is 25.5 Å². The lowest BCUT2D eigenvalue weighted by molar-refractivity contribution is -0.137. The van der Waals surface area contributed by atoms with Crippen molar-refractivity contribution in [1.82, 2.24) is 19.6 Å². The topological polar surface area (TPSA) is 81.8 Å². The zero-order valence-electron chi connectivity index (χ0n) is 17.0. The first kappa shape index (κ1) is 22.3. The van der Waals surface area contributed by atoms with E-state index in [-0.39, 0.29) is 11.4 Å². The number of amides is 1. The fraction of sp³-hybridized carbons (Fsp3) is 0.0909. The quantitative estimate of drug-likeness (QED) is 0.468. The Kier molecular flexibility index (Phi) is 5.77. The Morgan fingerprint density at radius 3 is 2.45 bits per heavy atom. The summed E-state index contributed by atoms with van der Waals surface area (Å²) in [6.07, 6.45) is -1.68. The van der Waals surface area contributed by atoms with Crippen LogP contribution in [0.5, 0.6) is 0 Å². The molecule has 0 saturated carbocycles. The number of nitrogens with zero attached hydrogens (tertiary/aromatic N) is 4. The number of benzene rings is 2. The van der Waals surface area contributed by atoms with Crippen molar-refractivity contribution in [3.8, 4) is 11.4 Å². The van der Waals surface area contributed by atoms with E-state index in [1.165, 1.54) is 33.9 Å². The Balaban J connectivity index is 1.76. The van der Waals surface area contributed by atoms with E-state index in [0.29, 0.717) is 16.4 Å². The summed E-state index contributed by atoms with van der Waals surface area (Å²) in [6, 6.07) is 12.2. The summed E-state index contributed by atoms with van der Waals surface area (Å²) in [4.78, 5) is 25.4. The summed E-state index contributed by atoms with van der Waals surface area (Å²) < 4.78 is 42.5. The van der Waals surface area contributed by atoms with Crippen molar-refractivity contribution in [3.63, 3.8) is 0 Å². The number of nitrogens with one attached hydrogen (secondary N) is 1. The number of carbonyl (C=O) groups excluding carboxylic acids is 1. The van der Waals surface area contributed by atoms with Gasteiger partial charge in [-0.15, -0.1) is 0 Å². The molecule has 0 saturated heterocycles. The number of aromatic nitrogens is 4. The van der Waals surface area contributed by atoms with Gasteiger partial charge in [-0.2, -0.15) is 23.4 Å². The van der Waals surface area contributed by atoms with Crippen LogP contribution in [0, 0.1) is 6.92 Å². The van der Waals surface area contributed by atoms with Gasteiger partial charge in [-0.1, -0.05) is 11.6 Å². The summed E-state index contributed by atoms with van der Waals surface area (Å²) >= 11 is 5.91. The number of rotatable bonds is 4. The summed E-state index contributed by atoms with van der Waals surface area (Å²) in [5.74, 6) is -0.963. The molecule has 0 spiro atoms. The minimum absolute atomic E-state index is 0.182. The number of halogens is 4. The first-order valence-corrected chi connectivity index (χ1v) is 9.91. The Morgan fingerprint density at radius 2 is 1.82 bits per heavy atom. The molecule has 0 aliphatic rings. The van der Waals surface area contributed by atoms with Crippen LogP contribution in [0.4, 0.5) is 18.9 Å². The minimum Gasteiger partial charge on any atom is -0.319 e. The van der Waals surface area contributed by atoms with Gasteiger partial charge in [0, 0.05) is 29.2 Å². The predicted octanol–water partition coefficient (Wildman–Crippen LogP) is 4.65. The second-order valence-corrected chi connectivity index (χ2v) is 7.46. The molecule has 2 aromatic carbocycles. The van der Waals surface area contributed by atoms with Crippen LogP contribution in [0.2, 0.25) is 5.02 Å². The molecule has 0 atom stereocenters. The van der Waals surface area contributed by atoms with Crippen molar-refractivity contribution in [2.75, 3.05) is 5.32 Å². The average molecular weight is 474 g/mol. The van der Waals surface area contributed by atoms with Crippen LogP contribution in [-0.2, 0) is 6.18 Å². The Morgan fingerprint density at radius 1 is 1.09 bits per heavy atom. The third-order valence-electron chi connectivity index (χ3n) is 4.72. The maximum absolute atomic E-state index is 13.3. The second kappa shape index (κ2) is 8.55. The molecular formula is C22H15ClF3N5O2. The monoisotopic (exact) mass is 473 g/mol. The van der Waals surface area contributed by atoms with Gasteiger partial charge in [0.1, 0.15) is 0 Å². The first-order valence-electron chi connectivity index (χ1n) is 9.53. The van der Waals surface area contributed by atoms with Crippen LogP contribution in [0.1, 0.15) is 21.7 Å². The molecule has 11 heteroatoms. The molecule has 1 amide bonds. The molecule has 0 bridgehead atoms. The van der Waals surface area contributed by atoms with Gasteiger partial charge in [-0.05, 0) is 55.5 Å². The van der Waals surface area contributed by atoms with E-state index in [4.69, 9.17) is 11.6 Å². The smallest absolute Gasteiger partial charge is 0.319 e. The number of aryl methyl sites for hydroxylation is 1. The van der Waals surface area contributed by atoms with Crippen molar-refractivity contribution in [3.05, 3.63) is 99.2 Å². The average Bonchev–Trinajstić information content (AvgIpc) is 3.28. The lowest BCUT2D eigenvalue weighted by atomic mass is 10.1. The molecule has 0 fully saturated rings. The van der Waals surface area contributed by atoms with Crippen molar-refractivity contribution in [2.24, 2.45) is 0 Å². The Labute approximate surface area is 190 Å². The van der Waals surface area contributed by atoms with Crippen molar-refractivity contribution < 1.29 is 18.0 Å². The molecule has 4 aromatic rings. The molecule has 33 heavy (non-hydrogen) atoms. The van der Waals surface area contributed by atoms with Gasteiger partial charge < -0.3 is 5.32 Å². The van der Waals surface area contributed by atoms with Gasteiger partial charge in [-0.3, -0.25) is 9.59 Å². The highest BCUT2D eigenvalue weighted by Gasteiger charge is 2.31. The van der Waals surface area contributed by atoms with Crippen molar-refractivity contribution in [1.29, 1.82) is 0 Å². The molecule has 168 valence electrons. The zero-order chi connectivity index (χ0) is 23.8. The second-order valence-electron chi connectivity index (χ2n) is 7.02. The van der Waals surface area contributed by atoms with Crippen molar-refractivity contribution >= 4 is 23.2 Å². The molecule has 0 radical (unpaired) electrons. The van der Waals surface area contributed by atoms with Crippen LogP contribution in [0.15, 0.2) is 71.8 Å². The number of hydrogen-bond donors (Lipinski definition) is 1. The largest absolute Gasteiger partial charge is 0.416 e. The third-order valence-corrected chi connectivity index (χ3v) is 4.97. The summed E-state index contributed by atoms with van der Waals surface area (Å²) in [5.41, 5.74) is -1.13. The highest BCUT2D eigenvalue weighted by molar-refractivity contribution is 6.30. The molecule has 0 aliphatic heterocycles.